The summed E-state index contributed by atoms with van der Waals surface area (Å²) in [7, 11) is 0. The molecule has 1 unspecified atom stereocenters. The van der Waals surface area contributed by atoms with Crippen LogP contribution in [0.15, 0.2) is 42.5 Å². The van der Waals surface area contributed by atoms with Gasteiger partial charge in [0, 0.05) is 37.5 Å². The molecule has 2 aliphatic heterocycles. The summed E-state index contributed by atoms with van der Waals surface area (Å²) >= 11 is 0. The highest BCUT2D eigenvalue weighted by atomic mass is 19.1. The standard InChI is InChI=1S/C23H25FN2O5/c24-18-3-1-2-4-21(18)31-17-8-16-10-26(13-23(16,29)9-17)11-20(27)14-5-6-19-15(7-14)12-30-22(28)25-19/h1-7,16-17,20,27,29H,8-13H2,(H,25,28)/t16-,17+,20?,23-/m1/s1. The number of aliphatic hydroxyl groups excluding tert-OH is 1. The topological polar surface area (TPSA) is 91.3 Å². The molecule has 1 saturated heterocycles. The Kier molecular flexibility index (Phi) is 5.08. The van der Waals surface area contributed by atoms with E-state index >= 15 is 0 Å². The number of carbonyl (C=O) groups excluding carboxylic acids is 1. The van der Waals surface area contributed by atoms with Gasteiger partial charge < -0.3 is 19.7 Å². The second-order valence-corrected chi connectivity index (χ2v) is 8.74. The Morgan fingerprint density at radius 1 is 1.32 bits per heavy atom. The minimum Gasteiger partial charge on any atom is -0.487 e. The molecule has 1 aliphatic carbocycles. The summed E-state index contributed by atoms with van der Waals surface area (Å²) in [5, 5.41) is 24.5. The molecule has 2 heterocycles. The van der Waals surface area contributed by atoms with E-state index in [1.165, 1.54) is 6.07 Å². The first-order valence-corrected chi connectivity index (χ1v) is 10.5. The van der Waals surface area contributed by atoms with Crippen LogP contribution in [0.1, 0.15) is 30.1 Å². The number of fused-ring (bicyclic) bond motifs is 2. The van der Waals surface area contributed by atoms with Crippen molar-refractivity contribution < 1.29 is 28.9 Å². The van der Waals surface area contributed by atoms with Crippen LogP contribution in [-0.4, -0.2) is 52.5 Å². The Morgan fingerprint density at radius 3 is 2.97 bits per heavy atom. The van der Waals surface area contributed by atoms with Crippen molar-refractivity contribution in [2.24, 2.45) is 5.92 Å². The first kappa shape index (κ1) is 20.2. The Labute approximate surface area is 179 Å². The van der Waals surface area contributed by atoms with E-state index in [0.29, 0.717) is 38.2 Å². The normalized spacial score (nSPS) is 28.4. The zero-order valence-electron chi connectivity index (χ0n) is 17.0. The van der Waals surface area contributed by atoms with Crippen molar-refractivity contribution in [2.75, 3.05) is 25.0 Å². The molecule has 0 bridgehead atoms. The van der Waals surface area contributed by atoms with E-state index in [4.69, 9.17) is 9.47 Å². The van der Waals surface area contributed by atoms with Crippen molar-refractivity contribution in [1.82, 2.24) is 4.90 Å². The van der Waals surface area contributed by atoms with Gasteiger partial charge in [0.05, 0.1) is 17.4 Å². The first-order valence-electron chi connectivity index (χ1n) is 10.5. The minimum absolute atomic E-state index is 0.0172. The van der Waals surface area contributed by atoms with Crippen LogP contribution < -0.4 is 10.1 Å². The van der Waals surface area contributed by atoms with Crippen LogP contribution in [0.2, 0.25) is 0 Å². The van der Waals surface area contributed by atoms with Gasteiger partial charge in [0.15, 0.2) is 11.6 Å². The Balaban J connectivity index is 1.19. The van der Waals surface area contributed by atoms with Crippen molar-refractivity contribution in [1.29, 1.82) is 0 Å². The Hall–Kier alpha value is -2.68. The zero-order chi connectivity index (χ0) is 21.6. The molecular formula is C23H25FN2O5. The number of amides is 1. The fourth-order valence-electron chi connectivity index (χ4n) is 5.03. The number of ether oxygens (including phenoxy) is 2. The van der Waals surface area contributed by atoms with Crippen LogP contribution in [0.25, 0.3) is 0 Å². The fourth-order valence-corrected chi connectivity index (χ4v) is 5.03. The number of halogens is 1. The molecule has 3 aliphatic rings. The highest BCUT2D eigenvalue weighted by Crippen LogP contribution is 2.43. The summed E-state index contributed by atoms with van der Waals surface area (Å²) in [4.78, 5) is 13.4. The van der Waals surface area contributed by atoms with Gasteiger partial charge in [-0.15, -0.1) is 0 Å². The molecule has 7 nitrogen and oxygen atoms in total. The maximum absolute atomic E-state index is 13.9. The van der Waals surface area contributed by atoms with Crippen LogP contribution in [0.4, 0.5) is 14.9 Å². The van der Waals surface area contributed by atoms with Crippen molar-refractivity contribution in [3.8, 4) is 5.75 Å². The molecule has 5 rings (SSSR count). The maximum atomic E-state index is 13.9. The highest BCUT2D eigenvalue weighted by Gasteiger charge is 2.52. The molecule has 0 radical (unpaired) electrons. The number of cyclic esters (lactones) is 1. The van der Waals surface area contributed by atoms with Crippen molar-refractivity contribution >= 4 is 11.8 Å². The summed E-state index contributed by atoms with van der Waals surface area (Å²) in [5.74, 6) is -0.161. The molecule has 31 heavy (non-hydrogen) atoms. The van der Waals surface area contributed by atoms with E-state index in [0.717, 1.165) is 11.1 Å². The number of likely N-dealkylation sites (tertiary alicyclic amines) is 1. The fraction of sp³-hybridized carbons (Fsp3) is 0.435. The molecule has 3 N–H and O–H groups in total. The SMILES string of the molecule is O=C1Nc2ccc(C(O)CN3C[C@H]4C[C@H](Oc5ccccc5F)C[C@@]4(O)C3)cc2CO1. The van der Waals surface area contributed by atoms with Crippen LogP contribution in [0, 0.1) is 11.7 Å². The van der Waals surface area contributed by atoms with E-state index in [1.807, 2.05) is 6.07 Å². The molecule has 1 saturated carbocycles. The lowest BCUT2D eigenvalue weighted by atomic mass is 9.95. The molecule has 8 heteroatoms. The lowest BCUT2D eigenvalue weighted by Gasteiger charge is -2.25. The third-order valence-corrected chi connectivity index (χ3v) is 6.54. The quantitative estimate of drug-likeness (QED) is 0.679. The number of anilines is 1. The van der Waals surface area contributed by atoms with Crippen molar-refractivity contribution in [2.45, 2.75) is 37.3 Å². The number of nitrogens with one attached hydrogen (secondary N) is 1. The first-order chi connectivity index (χ1) is 14.9. The number of carbonyl (C=O) groups is 1. The molecule has 2 aromatic carbocycles. The van der Waals surface area contributed by atoms with Gasteiger partial charge in [0.2, 0.25) is 0 Å². The summed E-state index contributed by atoms with van der Waals surface area (Å²) in [6, 6.07) is 11.7. The van der Waals surface area contributed by atoms with E-state index in [9.17, 15) is 19.4 Å². The van der Waals surface area contributed by atoms with E-state index in [2.05, 4.69) is 10.2 Å². The van der Waals surface area contributed by atoms with E-state index < -0.39 is 23.6 Å². The molecule has 0 spiro atoms. The lowest BCUT2D eigenvalue weighted by molar-refractivity contribution is 0.0175. The van der Waals surface area contributed by atoms with Crippen molar-refractivity contribution in [3.63, 3.8) is 0 Å². The predicted molar refractivity (Wildman–Crippen MR) is 110 cm³/mol. The number of benzene rings is 2. The molecule has 2 fully saturated rings. The monoisotopic (exact) mass is 428 g/mol. The molecular weight excluding hydrogens is 403 g/mol. The second-order valence-electron chi connectivity index (χ2n) is 8.74. The van der Waals surface area contributed by atoms with Crippen LogP contribution >= 0.6 is 0 Å². The van der Waals surface area contributed by atoms with Gasteiger partial charge in [-0.3, -0.25) is 10.2 Å². The third-order valence-electron chi connectivity index (χ3n) is 6.54. The van der Waals surface area contributed by atoms with Gasteiger partial charge in [0.1, 0.15) is 12.7 Å². The van der Waals surface area contributed by atoms with Gasteiger partial charge in [-0.25, -0.2) is 9.18 Å². The average Bonchev–Trinajstić information content (AvgIpc) is 3.19. The van der Waals surface area contributed by atoms with E-state index in [1.54, 1.807) is 30.3 Å². The van der Waals surface area contributed by atoms with Gasteiger partial charge in [-0.05, 0) is 36.2 Å². The number of hydrogen-bond donors (Lipinski definition) is 3. The predicted octanol–water partition coefficient (Wildman–Crippen LogP) is 2.83. The Bertz CT molecular complexity index is 1000. The summed E-state index contributed by atoms with van der Waals surface area (Å²) in [5.41, 5.74) is 1.35. The molecule has 164 valence electrons. The number of hydrogen-bond acceptors (Lipinski definition) is 6. The summed E-state index contributed by atoms with van der Waals surface area (Å²) in [6.07, 6.45) is -0.345. The largest absolute Gasteiger partial charge is 0.487 e. The Morgan fingerprint density at radius 2 is 2.16 bits per heavy atom. The number of β-amino-alcohol motifs (C(OH)–C–C–N with tert-alkyl or cyclic N) is 2. The number of para-hydroxylation sites is 1. The summed E-state index contributed by atoms with van der Waals surface area (Å²) in [6.45, 7) is 1.66. The van der Waals surface area contributed by atoms with Crippen LogP contribution in [0.5, 0.6) is 5.75 Å². The number of nitrogens with zero attached hydrogens (tertiary/aromatic N) is 1. The van der Waals surface area contributed by atoms with Gasteiger partial charge in [0.25, 0.3) is 0 Å². The average molecular weight is 428 g/mol. The third kappa shape index (κ3) is 3.98. The smallest absolute Gasteiger partial charge is 0.411 e. The second kappa shape index (κ2) is 7.78. The van der Waals surface area contributed by atoms with Crippen molar-refractivity contribution in [3.05, 3.63) is 59.4 Å². The molecule has 0 aromatic heterocycles. The zero-order valence-corrected chi connectivity index (χ0v) is 17.0. The lowest BCUT2D eigenvalue weighted by Crippen LogP contribution is -2.36. The molecule has 4 atom stereocenters. The molecule has 1 amide bonds. The number of rotatable bonds is 5. The molecule has 2 aromatic rings. The minimum atomic E-state index is -0.899. The van der Waals surface area contributed by atoms with Gasteiger partial charge >= 0.3 is 6.09 Å². The number of aliphatic hydroxyl groups is 2. The van der Waals surface area contributed by atoms with Crippen LogP contribution in [0.3, 0.4) is 0 Å². The maximum Gasteiger partial charge on any atom is 0.411 e. The van der Waals surface area contributed by atoms with Gasteiger partial charge in [-0.2, -0.15) is 0 Å². The highest BCUT2D eigenvalue weighted by molar-refractivity contribution is 5.87. The van der Waals surface area contributed by atoms with E-state index in [-0.39, 0.29) is 24.4 Å². The van der Waals surface area contributed by atoms with Gasteiger partial charge in [-0.1, -0.05) is 18.2 Å². The van der Waals surface area contributed by atoms with Crippen LogP contribution in [-0.2, 0) is 11.3 Å². The summed E-state index contributed by atoms with van der Waals surface area (Å²) < 4.78 is 24.7.